The molecule has 0 fully saturated rings. The van der Waals surface area contributed by atoms with Crippen LogP contribution in [0, 0.1) is 11.3 Å². The Bertz CT molecular complexity index is 285. The van der Waals surface area contributed by atoms with Crippen molar-refractivity contribution < 1.29 is 0 Å². The highest BCUT2D eigenvalue weighted by Gasteiger charge is 2.08. The third-order valence-electron chi connectivity index (χ3n) is 1.80. The van der Waals surface area contributed by atoms with Gasteiger partial charge in [0.15, 0.2) is 0 Å². The van der Waals surface area contributed by atoms with E-state index in [0.717, 1.165) is 13.0 Å². The molecule has 0 aliphatic heterocycles. The summed E-state index contributed by atoms with van der Waals surface area (Å²) in [4.78, 5) is 3.84. The fourth-order valence-electron chi connectivity index (χ4n) is 1.20. The first kappa shape index (κ1) is 10.7. The number of nitriles is 1. The van der Waals surface area contributed by atoms with Gasteiger partial charge in [-0.05, 0) is 20.3 Å². The Hall–Kier alpha value is -1.41. The van der Waals surface area contributed by atoms with Gasteiger partial charge in [-0.25, -0.2) is 4.98 Å². The van der Waals surface area contributed by atoms with Crippen LogP contribution < -0.4 is 5.32 Å². The molecule has 0 saturated carbocycles. The van der Waals surface area contributed by atoms with E-state index >= 15 is 0 Å². The van der Waals surface area contributed by atoms with E-state index in [0.29, 0.717) is 6.04 Å². The van der Waals surface area contributed by atoms with Crippen LogP contribution in [0.1, 0.15) is 20.3 Å². The smallest absolute Gasteiger partial charge is 0.137 e. The number of nitrogens with one attached hydrogen (secondary N) is 1. The predicted octanol–water partition coefficient (Wildman–Crippen LogP) is 0.558. The molecule has 76 valence electrons. The van der Waals surface area contributed by atoms with E-state index in [1.165, 1.54) is 6.33 Å². The van der Waals surface area contributed by atoms with Crippen LogP contribution in [-0.2, 0) is 6.54 Å². The zero-order valence-corrected chi connectivity index (χ0v) is 8.51. The first-order valence-electron chi connectivity index (χ1n) is 4.70. The van der Waals surface area contributed by atoms with Crippen molar-refractivity contribution in [1.82, 2.24) is 20.1 Å². The van der Waals surface area contributed by atoms with Crippen molar-refractivity contribution in [2.75, 3.05) is 0 Å². The van der Waals surface area contributed by atoms with Crippen LogP contribution in [0.4, 0.5) is 0 Å². The molecule has 1 atom stereocenters. The molecule has 14 heavy (non-hydrogen) atoms. The first-order chi connectivity index (χ1) is 6.72. The maximum absolute atomic E-state index is 8.85. The van der Waals surface area contributed by atoms with E-state index < -0.39 is 0 Å². The van der Waals surface area contributed by atoms with Crippen molar-refractivity contribution in [3.8, 4) is 6.07 Å². The molecule has 1 aromatic rings. The lowest BCUT2D eigenvalue weighted by atomic mass is 10.2. The van der Waals surface area contributed by atoms with E-state index in [9.17, 15) is 0 Å². The lowest BCUT2D eigenvalue weighted by molar-refractivity contribution is 0.461. The Morgan fingerprint density at radius 2 is 2.36 bits per heavy atom. The SMILES string of the molecule is CC(C)NC(C#N)CCn1cncn1. The highest BCUT2D eigenvalue weighted by atomic mass is 15.3. The van der Waals surface area contributed by atoms with Crippen LogP contribution in [0.5, 0.6) is 0 Å². The van der Waals surface area contributed by atoms with E-state index in [1.54, 1.807) is 11.0 Å². The van der Waals surface area contributed by atoms with Crippen LogP contribution in [0.2, 0.25) is 0 Å². The van der Waals surface area contributed by atoms with Crippen LogP contribution >= 0.6 is 0 Å². The lowest BCUT2D eigenvalue weighted by Gasteiger charge is -2.13. The monoisotopic (exact) mass is 193 g/mol. The molecule has 1 N–H and O–H groups in total. The number of rotatable bonds is 5. The van der Waals surface area contributed by atoms with Gasteiger partial charge >= 0.3 is 0 Å². The minimum atomic E-state index is -0.112. The highest BCUT2D eigenvalue weighted by molar-refractivity contribution is 4.90. The Labute approximate surface area is 83.8 Å². The second-order valence-electron chi connectivity index (χ2n) is 3.45. The quantitative estimate of drug-likeness (QED) is 0.742. The van der Waals surface area contributed by atoms with Crippen LogP contribution in [-0.4, -0.2) is 26.8 Å². The largest absolute Gasteiger partial charge is 0.300 e. The normalized spacial score (nSPS) is 12.7. The number of aromatic nitrogens is 3. The standard InChI is InChI=1S/C9H15N5/c1-8(2)13-9(5-10)3-4-14-7-11-6-12-14/h6-9,13H,3-4H2,1-2H3. The summed E-state index contributed by atoms with van der Waals surface area (Å²) in [5.74, 6) is 0. The van der Waals surface area contributed by atoms with E-state index in [-0.39, 0.29) is 6.04 Å². The second kappa shape index (κ2) is 5.35. The molecule has 0 aromatic carbocycles. The minimum Gasteiger partial charge on any atom is -0.300 e. The average Bonchev–Trinajstić information content (AvgIpc) is 2.64. The molecular formula is C9H15N5. The molecule has 0 bridgehead atoms. The molecule has 1 aromatic heterocycles. The van der Waals surface area contributed by atoms with Gasteiger partial charge in [0.1, 0.15) is 12.7 Å². The molecule has 0 amide bonds. The number of hydrogen-bond acceptors (Lipinski definition) is 4. The van der Waals surface area contributed by atoms with Crippen LogP contribution in [0.15, 0.2) is 12.7 Å². The van der Waals surface area contributed by atoms with E-state index in [2.05, 4.69) is 21.5 Å². The fraction of sp³-hybridized carbons (Fsp3) is 0.667. The Morgan fingerprint density at radius 1 is 1.57 bits per heavy atom. The summed E-state index contributed by atoms with van der Waals surface area (Å²) in [6.45, 7) is 4.78. The molecule has 0 aliphatic carbocycles. The summed E-state index contributed by atoms with van der Waals surface area (Å²) < 4.78 is 1.73. The zero-order valence-electron chi connectivity index (χ0n) is 8.51. The molecule has 0 saturated heterocycles. The third-order valence-corrected chi connectivity index (χ3v) is 1.80. The van der Waals surface area contributed by atoms with Gasteiger partial charge in [-0.1, -0.05) is 0 Å². The van der Waals surface area contributed by atoms with Gasteiger partial charge in [0.25, 0.3) is 0 Å². The van der Waals surface area contributed by atoms with E-state index in [4.69, 9.17) is 5.26 Å². The van der Waals surface area contributed by atoms with Gasteiger partial charge in [0.05, 0.1) is 12.1 Å². The van der Waals surface area contributed by atoms with Gasteiger partial charge in [0.2, 0.25) is 0 Å². The molecule has 0 radical (unpaired) electrons. The Morgan fingerprint density at radius 3 is 2.86 bits per heavy atom. The molecule has 5 heteroatoms. The number of hydrogen-bond donors (Lipinski definition) is 1. The summed E-state index contributed by atoms with van der Waals surface area (Å²) in [6, 6.07) is 2.44. The Kier molecular flexibility index (Phi) is 4.08. The summed E-state index contributed by atoms with van der Waals surface area (Å²) in [5, 5.41) is 16.0. The van der Waals surface area contributed by atoms with Gasteiger partial charge in [-0.15, -0.1) is 0 Å². The topological polar surface area (TPSA) is 66.5 Å². The van der Waals surface area contributed by atoms with Crippen molar-refractivity contribution in [1.29, 1.82) is 5.26 Å². The van der Waals surface area contributed by atoms with Gasteiger partial charge < -0.3 is 0 Å². The molecule has 1 unspecified atom stereocenters. The van der Waals surface area contributed by atoms with Gasteiger partial charge in [-0.3, -0.25) is 10.00 Å². The molecule has 5 nitrogen and oxygen atoms in total. The second-order valence-corrected chi connectivity index (χ2v) is 3.45. The zero-order chi connectivity index (χ0) is 10.4. The molecule has 0 spiro atoms. The van der Waals surface area contributed by atoms with E-state index in [1.807, 2.05) is 13.8 Å². The molecule has 1 heterocycles. The third kappa shape index (κ3) is 3.54. The summed E-state index contributed by atoms with van der Waals surface area (Å²) in [7, 11) is 0. The van der Waals surface area contributed by atoms with Crippen LogP contribution in [0.25, 0.3) is 0 Å². The summed E-state index contributed by atoms with van der Waals surface area (Å²) in [5.41, 5.74) is 0. The lowest BCUT2D eigenvalue weighted by Crippen LogP contribution is -2.34. The van der Waals surface area contributed by atoms with Gasteiger partial charge in [0, 0.05) is 12.6 Å². The van der Waals surface area contributed by atoms with Crippen molar-refractivity contribution in [3.05, 3.63) is 12.7 Å². The van der Waals surface area contributed by atoms with Crippen molar-refractivity contribution in [3.63, 3.8) is 0 Å². The predicted molar refractivity (Wildman–Crippen MR) is 52.3 cm³/mol. The Balaban J connectivity index is 2.32. The van der Waals surface area contributed by atoms with Crippen molar-refractivity contribution >= 4 is 0 Å². The fourth-order valence-corrected chi connectivity index (χ4v) is 1.20. The maximum atomic E-state index is 8.85. The minimum absolute atomic E-state index is 0.112. The number of nitrogens with zero attached hydrogens (tertiary/aromatic N) is 4. The molecule has 0 aliphatic rings. The maximum Gasteiger partial charge on any atom is 0.137 e. The molecule has 1 rings (SSSR count). The van der Waals surface area contributed by atoms with Crippen molar-refractivity contribution in [2.45, 2.75) is 38.9 Å². The van der Waals surface area contributed by atoms with Crippen LogP contribution in [0.3, 0.4) is 0 Å². The van der Waals surface area contributed by atoms with Crippen molar-refractivity contribution in [2.24, 2.45) is 0 Å². The highest BCUT2D eigenvalue weighted by Crippen LogP contribution is 1.95. The number of aryl methyl sites for hydroxylation is 1. The average molecular weight is 193 g/mol. The molecular weight excluding hydrogens is 178 g/mol. The first-order valence-corrected chi connectivity index (χ1v) is 4.70. The summed E-state index contributed by atoms with van der Waals surface area (Å²) in [6.07, 6.45) is 3.90. The summed E-state index contributed by atoms with van der Waals surface area (Å²) >= 11 is 0. The van der Waals surface area contributed by atoms with Gasteiger partial charge in [-0.2, -0.15) is 10.4 Å².